The molecule has 12 heteroatoms. The Morgan fingerprint density at radius 1 is 1.25 bits per heavy atom. The number of ether oxygens (including phenoxy) is 2. The molecule has 1 aromatic heterocycles. The summed E-state index contributed by atoms with van der Waals surface area (Å²) in [7, 11) is 1.55. The highest BCUT2D eigenvalue weighted by Crippen LogP contribution is 2.26. The van der Waals surface area contributed by atoms with Gasteiger partial charge < -0.3 is 36.1 Å². The van der Waals surface area contributed by atoms with Gasteiger partial charge in [0.25, 0.3) is 5.91 Å². The first kappa shape index (κ1) is 30.4. The number of rotatable bonds is 14. The third-order valence-corrected chi connectivity index (χ3v) is 6.57. The summed E-state index contributed by atoms with van der Waals surface area (Å²) in [5.41, 5.74) is 7.01. The lowest BCUT2D eigenvalue weighted by Crippen LogP contribution is -2.45. The van der Waals surface area contributed by atoms with Crippen LogP contribution in [0.5, 0.6) is 5.75 Å². The summed E-state index contributed by atoms with van der Waals surface area (Å²) in [6.45, 7) is 9.15. The lowest BCUT2D eigenvalue weighted by Gasteiger charge is -2.25. The summed E-state index contributed by atoms with van der Waals surface area (Å²) in [4.78, 5) is 46.7. The Morgan fingerprint density at radius 2 is 2.00 bits per heavy atom. The highest BCUT2D eigenvalue weighted by Gasteiger charge is 2.21. The van der Waals surface area contributed by atoms with Gasteiger partial charge in [-0.25, -0.2) is 9.97 Å². The quantitative estimate of drug-likeness (QED) is 0.203. The van der Waals surface area contributed by atoms with E-state index in [2.05, 4.69) is 27.5 Å². The number of benzene rings is 1. The maximum absolute atomic E-state index is 12.3. The Bertz CT molecular complexity index is 1200. The molecule has 3 rings (SSSR count). The molecular weight excluding hydrogens is 514 g/mol. The van der Waals surface area contributed by atoms with Crippen LogP contribution in [0.25, 0.3) is 0 Å². The van der Waals surface area contributed by atoms with E-state index in [-0.39, 0.29) is 29.4 Å². The largest absolute Gasteiger partial charge is 0.493 e. The van der Waals surface area contributed by atoms with E-state index in [1.54, 1.807) is 26.1 Å². The van der Waals surface area contributed by atoms with Gasteiger partial charge in [0, 0.05) is 44.6 Å². The van der Waals surface area contributed by atoms with Crippen LogP contribution >= 0.6 is 0 Å². The second-order valence-electron chi connectivity index (χ2n) is 9.44. The first-order valence-electron chi connectivity index (χ1n) is 13.4. The second-order valence-corrected chi connectivity index (χ2v) is 9.44. The molecule has 0 bridgehead atoms. The molecule has 0 aliphatic carbocycles. The predicted octanol–water partition coefficient (Wildman–Crippen LogP) is 2.39. The average molecular weight is 554 g/mol. The van der Waals surface area contributed by atoms with Crippen molar-refractivity contribution in [2.45, 2.75) is 51.6 Å². The highest BCUT2D eigenvalue weighted by atomic mass is 16.5. The minimum Gasteiger partial charge on any atom is -0.493 e. The van der Waals surface area contributed by atoms with E-state index in [0.717, 1.165) is 12.8 Å². The van der Waals surface area contributed by atoms with Crippen LogP contribution in [0.15, 0.2) is 36.9 Å². The monoisotopic (exact) mass is 553 g/mol. The molecule has 0 spiro atoms. The molecule has 216 valence electrons. The molecule has 0 radical (unpaired) electrons. The van der Waals surface area contributed by atoms with Crippen LogP contribution in [-0.4, -0.2) is 78.1 Å². The van der Waals surface area contributed by atoms with Crippen molar-refractivity contribution in [1.29, 1.82) is 0 Å². The van der Waals surface area contributed by atoms with E-state index in [1.165, 1.54) is 11.0 Å². The molecule has 2 heterocycles. The number of aryl methyl sites for hydroxylation is 1. The van der Waals surface area contributed by atoms with Gasteiger partial charge in [0.15, 0.2) is 17.3 Å². The number of nitrogens with two attached hydrogens (primary N) is 1. The third-order valence-electron chi connectivity index (χ3n) is 6.57. The Morgan fingerprint density at radius 3 is 2.67 bits per heavy atom. The average Bonchev–Trinajstić information content (AvgIpc) is 2.96. The molecule has 1 aliphatic rings. The molecule has 1 aromatic carbocycles. The highest BCUT2D eigenvalue weighted by molar-refractivity contribution is 5.96. The maximum atomic E-state index is 12.3. The van der Waals surface area contributed by atoms with Crippen LogP contribution < -0.4 is 26.4 Å². The van der Waals surface area contributed by atoms with Crippen molar-refractivity contribution in [2.75, 3.05) is 44.0 Å². The van der Waals surface area contributed by atoms with Gasteiger partial charge >= 0.3 is 0 Å². The van der Waals surface area contributed by atoms with Crippen LogP contribution in [0, 0.1) is 0 Å². The van der Waals surface area contributed by atoms with Gasteiger partial charge in [-0.2, -0.15) is 0 Å². The molecule has 0 unspecified atom stereocenters. The number of nitrogens with zero attached hydrogens (tertiary/aromatic N) is 3. The number of carbonyl (C=O) groups is 3. The van der Waals surface area contributed by atoms with Gasteiger partial charge in [-0.1, -0.05) is 19.6 Å². The SMILES string of the molecule is C=CC(=O)N(C)[C@@H](C)C(=O)NCCCOc1cccc(Nc2nc(NC3CCOCC3)c(CC)nc2C(N)=O)c1. The van der Waals surface area contributed by atoms with Gasteiger partial charge in [0.05, 0.1) is 12.3 Å². The van der Waals surface area contributed by atoms with E-state index in [1.807, 2.05) is 19.1 Å². The Kier molecular flexibility index (Phi) is 11.2. The standard InChI is InChI=1S/C28H39N7O5/c1-5-22-26(31-19-11-15-39-16-12-19)34-27(24(33-22)25(29)37)32-20-9-7-10-21(17-20)40-14-8-13-30-28(38)18(3)35(4)23(36)6-2/h6-7,9-10,17-19H,2,5,8,11-16H2,1,3-4H3,(H2,29,37)(H,30,38)(H2,31,32,34)/t18-/m0/s1. The predicted molar refractivity (Wildman–Crippen MR) is 153 cm³/mol. The Hall–Kier alpha value is -4.19. The van der Waals surface area contributed by atoms with Crippen molar-refractivity contribution < 1.29 is 23.9 Å². The first-order chi connectivity index (χ1) is 19.2. The number of likely N-dealkylation sites (N-methyl/N-ethyl adjacent to an activating group) is 1. The number of hydrogen-bond donors (Lipinski definition) is 4. The second kappa shape index (κ2) is 14.8. The molecule has 5 N–H and O–H groups in total. The topological polar surface area (TPSA) is 161 Å². The molecule has 3 amide bonds. The van der Waals surface area contributed by atoms with E-state index < -0.39 is 11.9 Å². The van der Waals surface area contributed by atoms with Crippen LogP contribution in [0.3, 0.4) is 0 Å². The van der Waals surface area contributed by atoms with Crippen LogP contribution in [0.2, 0.25) is 0 Å². The zero-order valence-corrected chi connectivity index (χ0v) is 23.4. The van der Waals surface area contributed by atoms with E-state index in [4.69, 9.17) is 20.2 Å². The lowest BCUT2D eigenvalue weighted by atomic mass is 10.1. The minimum atomic E-state index is -0.675. The fraction of sp³-hybridized carbons (Fsp3) is 0.464. The molecule has 1 atom stereocenters. The van der Waals surface area contributed by atoms with Gasteiger partial charge in [0.1, 0.15) is 11.8 Å². The number of amides is 3. The number of anilines is 3. The Balaban J connectivity index is 1.60. The summed E-state index contributed by atoms with van der Waals surface area (Å²) in [5, 5.41) is 9.41. The number of aromatic nitrogens is 2. The smallest absolute Gasteiger partial charge is 0.271 e. The van der Waals surface area contributed by atoms with Gasteiger partial charge in [0.2, 0.25) is 11.8 Å². The van der Waals surface area contributed by atoms with Gasteiger partial charge in [-0.05, 0) is 50.8 Å². The maximum Gasteiger partial charge on any atom is 0.271 e. The van der Waals surface area contributed by atoms with Crippen molar-refractivity contribution in [2.24, 2.45) is 5.73 Å². The summed E-state index contributed by atoms with van der Waals surface area (Å²) in [6, 6.07) is 6.82. The number of nitrogens with one attached hydrogen (secondary N) is 3. The summed E-state index contributed by atoms with van der Waals surface area (Å²) in [5.74, 6) is 0.224. The molecule has 2 aromatic rings. The fourth-order valence-corrected chi connectivity index (χ4v) is 4.06. The molecule has 1 saturated heterocycles. The molecule has 40 heavy (non-hydrogen) atoms. The van der Waals surface area contributed by atoms with Crippen molar-refractivity contribution in [3.8, 4) is 5.75 Å². The van der Waals surface area contributed by atoms with Crippen molar-refractivity contribution in [3.05, 3.63) is 48.3 Å². The van der Waals surface area contributed by atoms with Crippen molar-refractivity contribution in [3.63, 3.8) is 0 Å². The summed E-state index contributed by atoms with van der Waals surface area (Å²) >= 11 is 0. The molecule has 1 fully saturated rings. The Labute approximate surface area is 234 Å². The normalized spacial score (nSPS) is 14.1. The molecular formula is C28H39N7O5. The zero-order valence-electron chi connectivity index (χ0n) is 23.4. The minimum absolute atomic E-state index is 0.0612. The molecule has 0 saturated carbocycles. The lowest BCUT2D eigenvalue weighted by molar-refractivity contribution is -0.135. The van der Waals surface area contributed by atoms with Gasteiger partial charge in [-0.3, -0.25) is 14.4 Å². The van der Waals surface area contributed by atoms with Gasteiger partial charge in [-0.15, -0.1) is 0 Å². The number of hydrogen-bond acceptors (Lipinski definition) is 9. The molecule has 12 nitrogen and oxygen atoms in total. The van der Waals surface area contributed by atoms with Crippen molar-refractivity contribution >= 4 is 35.0 Å². The molecule has 1 aliphatic heterocycles. The van der Waals surface area contributed by atoms with E-state index in [0.29, 0.717) is 62.2 Å². The number of carbonyl (C=O) groups excluding carboxylic acids is 3. The zero-order chi connectivity index (χ0) is 29.1. The van der Waals surface area contributed by atoms with Crippen molar-refractivity contribution in [1.82, 2.24) is 20.2 Å². The van der Waals surface area contributed by atoms with E-state index in [9.17, 15) is 14.4 Å². The van der Waals surface area contributed by atoms with Crippen LogP contribution in [0.4, 0.5) is 17.3 Å². The third kappa shape index (κ3) is 8.40. The van der Waals surface area contributed by atoms with Crippen LogP contribution in [-0.2, 0) is 20.7 Å². The number of primary amides is 1. The summed E-state index contributed by atoms with van der Waals surface area (Å²) < 4.78 is 11.3. The van der Waals surface area contributed by atoms with E-state index >= 15 is 0 Å². The summed E-state index contributed by atoms with van der Waals surface area (Å²) in [6.07, 6.45) is 4.04. The first-order valence-corrected chi connectivity index (χ1v) is 13.4. The van der Waals surface area contributed by atoms with Crippen LogP contribution in [0.1, 0.15) is 49.3 Å². The fourth-order valence-electron chi connectivity index (χ4n) is 4.06.